The van der Waals surface area contributed by atoms with Gasteiger partial charge in [0.1, 0.15) is 0 Å². The van der Waals surface area contributed by atoms with Gasteiger partial charge in [0.05, 0.1) is 0 Å². The van der Waals surface area contributed by atoms with E-state index in [9.17, 15) is 9.59 Å². The zero-order valence-electron chi connectivity index (χ0n) is 8.30. The topological polar surface area (TPSA) is 101 Å². The Morgan fingerprint density at radius 1 is 1.20 bits per heavy atom. The second kappa shape index (κ2) is 7.75. The van der Waals surface area contributed by atoms with Crippen LogP contribution < -0.4 is 5.73 Å². The summed E-state index contributed by atoms with van der Waals surface area (Å²) in [6.07, 6.45) is 8.92. The zero-order valence-corrected chi connectivity index (χ0v) is 8.30. The predicted octanol–water partition coefficient (Wildman–Crippen LogP) is 0.766. The van der Waals surface area contributed by atoms with Gasteiger partial charge >= 0.3 is 11.9 Å². The first-order chi connectivity index (χ1) is 7.02. The summed E-state index contributed by atoms with van der Waals surface area (Å²) in [5, 5.41) is 15.6. The molecule has 5 heteroatoms. The van der Waals surface area contributed by atoms with E-state index in [1.165, 1.54) is 12.8 Å². The van der Waals surface area contributed by atoms with Crippen LogP contribution in [0.3, 0.4) is 0 Å². The second-order valence-corrected chi connectivity index (χ2v) is 3.05. The van der Waals surface area contributed by atoms with Crippen molar-refractivity contribution in [3.63, 3.8) is 0 Å². The molecule has 4 N–H and O–H groups in total. The van der Waals surface area contributed by atoms with Crippen LogP contribution in [0.2, 0.25) is 0 Å². The Kier molecular flexibility index (Phi) is 6.92. The van der Waals surface area contributed by atoms with Gasteiger partial charge in [-0.1, -0.05) is 12.2 Å². The van der Waals surface area contributed by atoms with Gasteiger partial charge in [-0.05, 0) is 19.3 Å². The van der Waals surface area contributed by atoms with E-state index in [0.717, 1.165) is 6.42 Å². The van der Waals surface area contributed by atoms with E-state index in [1.807, 2.05) is 0 Å². The molecule has 0 fully saturated rings. The minimum atomic E-state index is -1.26. The van der Waals surface area contributed by atoms with E-state index in [-0.39, 0.29) is 0 Å². The van der Waals surface area contributed by atoms with Crippen LogP contribution >= 0.6 is 0 Å². The summed E-state index contributed by atoms with van der Waals surface area (Å²) in [6.45, 7) is 0. The summed E-state index contributed by atoms with van der Waals surface area (Å²) in [5.74, 6) is -2.51. The molecule has 1 aliphatic carbocycles. The fourth-order valence-electron chi connectivity index (χ4n) is 0.960. The van der Waals surface area contributed by atoms with Crippen molar-refractivity contribution in [1.82, 2.24) is 0 Å². The predicted molar refractivity (Wildman–Crippen MR) is 55.4 cm³/mol. The number of hydrogen-bond donors (Lipinski definition) is 3. The molecule has 0 saturated carbocycles. The van der Waals surface area contributed by atoms with Crippen LogP contribution in [0.4, 0.5) is 0 Å². The minimum Gasteiger partial charge on any atom is -0.478 e. The maximum Gasteiger partial charge on any atom is 0.328 e. The van der Waals surface area contributed by atoms with E-state index < -0.39 is 11.9 Å². The first kappa shape index (κ1) is 13.4. The first-order valence-electron chi connectivity index (χ1n) is 4.57. The number of hydrogen-bond acceptors (Lipinski definition) is 3. The first-order valence-corrected chi connectivity index (χ1v) is 4.57. The van der Waals surface area contributed by atoms with Crippen molar-refractivity contribution in [3.8, 4) is 0 Å². The van der Waals surface area contributed by atoms with Crippen LogP contribution in [0.1, 0.15) is 19.3 Å². The average molecular weight is 213 g/mol. The van der Waals surface area contributed by atoms with Crippen molar-refractivity contribution in [2.24, 2.45) is 5.73 Å². The van der Waals surface area contributed by atoms with Gasteiger partial charge in [0.15, 0.2) is 0 Å². The third-order valence-electron chi connectivity index (χ3n) is 1.68. The highest BCUT2D eigenvalue weighted by molar-refractivity contribution is 5.89. The number of aliphatic carboxylic acids is 2. The molecule has 1 atom stereocenters. The molecule has 0 amide bonds. The third-order valence-corrected chi connectivity index (χ3v) is 1.68. The van der Waals surface area contributed by atoms with Gasteiger partial charge in [0.2, 0.25) is 0 Å². The van der Waals surface area contributed by atoms with Crippen LogP contribution in [-0.2, 0) is 9.59 Å². The smallest absolute Gasteiger partial charge is 0.328 e. The fourth-order valence-corrected chi connectivity index (χ4v) is 0.960. The lowest BCUT2D eigenvalue weighted by molar-refractivity contribution is -0.134. The van der Waals surface area contributed by atoms with Gasteiger partial charge in [-0.25, -0.2) is 9.59 Å². The molecule has 0 radical (unpaired) electrons. The minimum absolute atomic E-state index is 0.449. The van der Waals surface area contributed by atoms with Crippen molar-refractivity contribution in [1.29, 1.82) is 0 Å². The number of allylic oxidation sites excluding steroid dienone is 1. The van der Waals surface area contributed by atoms with Gasteiger partial charge in [0, 0.05) is 18.2 Å². The summed E-state index contributed by atoms with van der Waals surface area (Å²) in [5.41, 5.74) is 5.58. The Bertz CT molecular complexity index is 255. The maximum absolute atomic E-state index is 9.55. The molecule has 0 aromatic heterocycles. The molecule has 0 saturated heterocycles. The standard InChI is InChI=1S/C6H11N.C4H4O4/c7-6-4-2-1-3-5-6;5-3(6)1-2-4(7)8/h1-2,6H,3-5,7H2;1-2H,(H,5,6)(H,7,8). The van der Waals surface area contributed by atoms with Crippen molar-refractivity contribution < 1.29 is 19.8 Å². The summed E-state index contributed by atoms with van der Waals surface area (Å²) >= 11 is 0. The average Bonchev–Trinajstić information content (AvgIpc) is 2.17. The van der Waals surface area contributed by atoms with Crippen LogP contribution in [0.25, 0.3) is 0 Å². The normalized spacial score (nSPS) is 19.4. The summed E-state index contributed by atoms with van der Waals surface area (Å²) < 4.78 is 0. The Labute approximate surface area is 87.9 Å². The number of rotatable bonds is 2. The quantitative estimate of drug-likeness (QED) is 0.464. The molecular weight excluding hydrogens is 198 g/mol. The van der Waals surface area contributed by atoms with Crippen molar-refractivity contribution >= 4 is 11.9 Å². The van der Waals surface area contributed by atoms with Crippen LogP contribution in [0, 0.1) is 0 Å². The molecule has 1 rings (SSSR count). The zero-order chi connectivity index (χ0) is 11.7. The summed E-state index contributed by atoms with van der Waals surface area (Å²) in [6, 6.07) is 0.449. The Hall–Kier alpha value is -1.62. The lowest BCUT2D eigenvalue weighted by atomic mass is 10.0. The lowest BCUT2D eigenvalue weighted by Gasteiger charge is -2.09. The Morgan fingerprint density at radius 2 is 1.73 bits per heavy atom. The van der Waals surface area contributed by atoms with Gasteiger partial charge in [-0.15, -0.1) is 0 Å². The molecule has 0 bridgehead atoms. The number of carboxylic acids is 2. The van der Waals surface area contributed by atoms with Crippen molar-refractivity contribution in [3.05, 3.63) is 24.3 Å². The second-order valence-electron chi connectivity index (χ2n) is 3.05. The molecule has 5 nitrogen and oxygen atoms in total. The number of nitrogens with two attached hydrogens (primary N) is 1. The van der Waals surface area contributed by atoms with Gasteiger partial charge in [-0.2, -0.15) is 0 Å². The SMILES string of the molecule is NC1CC=CCC1.O=C(O)C=CC(=O)O. The van der Waals surface area contributed by atoms with E-state index in [4.69, 9.17) is 15.9 Å². The van der Waals surface area contributed by atoms with Crippen LogP contribution in [0.5, 0.6) is 0 Å². The van der Waals surface area contributed by atoms with Crippen LogP contribution in [-0.4, -0.2) is 28.2 Å². The third kappa shape index (κ3) is 10.3. The Morgan fingerprint density at radius 3 is 1.93 bits per heavy atom. The maximum atomic E-state index is 9.55. The molecular formula is C10H15NO4. The van der Waals surface area contributed by atoms with E-state index in [0.29, 0.717) is 18.2 Å². The molecule has 0 aromatic rings. The molecule has 0 aliphatic heterocycles. The van der Waals surface area contributed by atoms with Crippen LogP contribution in [0.15, 0.2) is 24.3 Å². The van der Waals surface area contributed by atoms with Crippen molar-refractivity contribution in [2.45, 2.75) is 25.3 Å². The summed E-state index contributed by atoms with van der Waals surface area (Å²) in [4.78, 5) is 19.1. The van der Waals surface area contributed by atoms with Gasteiger partial charge in [-0.3, -0.25) is 0 Å². The monoisotopic (exact) mass is 213 g/mol. The highest BCUT2D eigenvalue weighted by Crippen LogP contribution is 2.06. The molecule has 0 aromatic carbocycles. The molecule has 1 aliphatic rings. The summed E-state index contributed by atoms with van der Waals surface area (Å²) in [7, 11) is 0. The Balaban J connectivity index is 0.000000262. The molecule has 84 valence electrons. The lowest BCUT2D eigenvalue weighted by Crippen LogP contribution is -2.19. The van der Waals surface area contributed by atoms with Gasteiger partial charge < -0.3 is 15.9 Å². The highest BCUT2D eigenvalue weighted by atomic mass is 16.4. The molecule has 1 unspecified atom stereocenters. The molecule has 15 heavy (non-hydrogen) atoms. The van der Waals surface area contributed by atoms with E-state index in [2.05, 4.69) is 12.2 Å². The molecule has 0 heterocycles. The largest absolute Gasteiger partial charge is 0.478 e. The highest BCUT2D eigenvalue weighted by Gasteiger charge is 2.00. The van der Waals surface area contributed by atoms with Crippen molar-refractivity contribution in [2.75, 3.05) is 0 Å². The number of carboxylic acid groups (broad SMARTS) is 2. The van der Waals surface area contributed by atoms with E-state index >= 15 is 0 Å². The number of carbonyl (C=O) groups is 2. The molecule has 0 spiro atoms. The fraction of sp³-hybridized carbons (Fsp3) is 0.400. The van der Waals surface area contributed by atoms with E-state index in [1.54, 1.807) is 0 Å². The van der Waals surface area contributed by atoms with Gasteiger partial charge in [0.25, 0.3) is 0 Å².